The highest BCUT2D eigenvalue weighted by molar-refractivity contribution is 5.31. The minimum Gasteiger partial charge on any atom is -0.489 e. The van der Waals surface area contributed by atoms with Gasteiger partial charge in [-0.1, -0.05) is 0 Å². The summed E-state index contributed by atoms with van der Waals surface area (Å²) in [5.74, 6) is 0.281. The molecule has 1 unspecified atom stereocenters. The summed E-state index contributed by atoms with van der Waals surface area (Å²) in [5.41, 5.74) is 0. The van der Waals surface area contributed by atoms with Crippen LogP contribution in [0, 0.1) is 0 Å². The summed E-state index contributed by atoms with van der Waals surface area (Å²) in [7, 11) is 0. The van der Waals surface area contributed by atoms with Gasteiger partial charge in [-0.25, -0.2) is 0 Å². The zero-order chi connectivity index (χ0) is 13.9. The first kappa shape index (κ1) is 14.0. The number of halogens is 3. The maximum atomic E-state index is 12.0. The highest BCUT2D eigenvalue weighted by Crippen LogP contribution is 2.25. The fourth-order valence-corrected chi connectivity index (χ4v) is 1.61. The van der Waals surface area contributed by atoms with Crippen LogP contribution in [0.1, 0.15) is 19.8 Å². The van der Waals surface area contributed by atoms with Gasteiger partial charge in [-0.05, 0) is 44.0 Å². The number of alkyl halides is 3. The van der Waals surface area contributed by atoms with Crippen molar-refractivity contribution in [3.8, 4) is 11.5 Å². The Morgan fingerprint density at radius 3 is 2.32 bits per heavy atom. The molecule has 1 saturated carbocycles. The molecule has 0 bridgehead atoms. The molecule has 0 spiro atoms. The van der Waals surface area contributed by atoms with Gasteiger partial charge >= 0.3 is 6.36 Å². The Kier molecular flexibility index (Phi) is 4.19. The fraction of sp³-hybridized carbons (Fsp3) is 0.538. The molecule has 1 aromatic carbocycles. The van der Waals surface area contributed by atoms with Crippen LogP contribution in [0.4, 0.5) is 13.2 Å². The Bertz CT molecular complexity index is 401. The van der Waals surface area contributed by atoms with E-state index in [4.69, 9.17) is 4.74 Å². The van der Waals surface area contributed by atoms with Gasteiger partial charge in [-0.15, -0.1) is 13.2 Å². The Morgan fingerprint density at radius 1 is 1.21 bits per heavy atom. The maximum Gasteiger partial charge on any atom is 0.573 e. The second-order valence-electron chi connectivity index (χ2n) is 4.63. The first-order chi connectivity index (χ1) is 8.92. The Morgan fingerprint density at radius 2 is 1.79 bits per heavy atom. The molecule has 0 saturated heterocycles. The average molecular weight is 275 g/mol. The number of ether oxygens (including phenoxy) is 2. The molecule has 0 heterocycles. The molecule has 1 aliphatic rings. The molecule has 0 aromatic heterocycles. The van der Waals surface area contributed by atoms with E-state index in [1.165, 1.54) is 37.1 Å². The number of nitrogens with one attached hydrogen (secondary N) is 1. The van der Waals surface area contributed by atoms with Gasteiger partial charge in [0.1, 0.15) is 17.6 Å². The van der Waals surface area contributed by atoms with Crippen LogP contribution in [-0.2, 0) is 0 Å². The quantitative estimate of drug-likeness (QED) is 0.865. The van der Waals surface area contributed by atoms with Gasteiger partial charge in [0.15, 0.2) is 0 Å². The largest absolute Gasteiger partial charge is 0.573 e. The van der Waals surface area contributed by atoms with E-state index < -0.39 is 6.36 Å². The SMILES string of the molecule is CC(CNC1CC1)Oc1ccc(OC(F)(F)F)cc1. The van der Waals surface area contributed by atoms with Gasteiger partial charge in [0, 0.05) is 12.6 Å². The number of benzene rings is 1. The van der Waals surface area contributed by atoms with Crippen LogP contribution >= 0.6 is 0 Å². The molecule has 0 aliphatic heterocycles. The highest BCUT2D eigenvalue weighted by Gasteiger charge is 2.31. The Hall–Kier alpha value is -1.43. The van der Waals surface area contributed by atoms with Crippen molar-refractivity contribution in [1.29, 1.82) is 0 Å². The molecule has 0 radical (unpaired) electrons. The van der Waals surface area contributed by atoms with Crippen molar-refractivity contribution in [2.75, 3.05) is 6.54 Å². The van der Waals surface area contributed by atoms with Crippen molar-refractivity contribution in [1.82, 2.24) is 5.32 Å². The van der Waals surface area contributed by atoms with Gasteiger partial charge < -0.3 is 14.8 Å². The average Bonchev–Trinajstić information content (AvgIpc) is 3.11. The van der Waals surface area contributed by atoms with Crippen molar-refractivity contribution in [3.05, 3.63) is 24.3 Å². The van der Waals surface area contributed by atoms with Gasteiger partial charge in [0.25, 0.3) is 0 Å². The van der Waals surface area contributed by atoms with Crippen LogP contribution in [0.2, 0.25) is 0 Å². The van der Waals surface area contributed by atoms with Crippen molar-refractivity contribution >= 4 is 0 Å². The second kappa shape index (κ2) is 5.69. The lowest BCUT2D eigenvalue weighted by Crippen LogP contribution is -2.30. The zero-order valence-corrected chi connectivity index (χ0v) is 10.5. The Balaban J connectivity index is 1.80. The van der Waals surface area contributed by atoms with E-state index >= 15 is 0 Å². The monoisotopic (exact) mass is 275 g/mol. The minimum absolute atomic E-state index is 0.0324. The van der Waals surface area contributed by atoms with Crippen LogP contribution in [0.3, 0.4) is 0 Å². The molecule has 6 heteroatoms. The van der Waals surface area contributed by atoms with E-state index in [9.17, 15) is 13.2 Å². The van der Waals surface area contributed by atoms with E-state index in [1.807, 2.05) is 6.92 Å². The second-order valence-corrected chi connectivity index (χ2v) is 4.63. The van der Waals surface area contributed by atoms with E-state index in [1.54, 1.807) is 0 Å². The normalized spacial score (nSPS) is 17.1. The molecule has 2 rings (SSSR count). The summed E-state index contributed by atoms with van der Waals surface area (Å²) in [5, 5.41) is 3.32. The van der Waals surface area contributed by atoms with Gasteiger partial charge in [-0.3, -0.25) is 0 Å². The predicted octanol–water partition coefficient (Wildman–Crippen LogP) is 3.10. The molecular formula is C13H16F3NO2. The molecule has 1 aliphatic carbocycles. The van der Waals surface area contributed by atoms with Gasteiger partial charge in [0.05, 0.1) is 0 Å². The van der Waals surface area contributed by atoms with Crippen LogP contribution in [0.5, 0.6) is 11.5 Å². The first-order valence-corrected chi connectivity index (χ1v) is 6.18. The first-order valence-electron chi connectivity index (χ1n) is 6.18. The smallest absolute Gasteiger partial charge is 0.489 e. The molecule has 19 heavy (non-hydrogen) atoms. The third kappa shape index (κ3) is 5.38. The van der Waals surface area contributed by atoms with Gasteiger partial charge in [0.2, 0.25) is 0 Å². The van der Waals surface area contributed by atoms with Crippen molar-refractivity contribution in [3.63, 3.8) is 0 Å². The number of hydrogen-bond acceptors (Lipinski definition) is 3. The summed E-state index contributed by atoms with van der Waals surface area (Å²) in [4.78, 5) is 0. The molecule has 1 fully saturated rings. The number of hydrogen-bond donors (Lipinski definition) is 1. The molecule has 0 amide bonds. The molecule has 3 nitrogen and oxygen atoms in total. The lowest BCUT2D eigenvalue weighted by molar-refractivity contribution is -0.274. The third-order valence-electron chi connectivity index (χ3n) is 2.67. The highest BCUT2D eigenvalue weighted by atomic mass is 19.4. The summed E-state index contributed by atoms with van der Waals surface area (Å²) in [6, 6.07) is 6.02. The molecule has 1 aromatic rings. The Labute approximate surface area is 109 Å². The minimum atomic E-state index is -4.66. The lowest BCUT2D eigenvalue weighted by Gasteiger charge is -2.16. The van der Waals surface area contributed by atoms with Crippen LogP contribution in [-0.4, -0.2) is 25.1 Å². The van der Waals surface area contributed by atoms with Crippen molar-refractivity contribution in [2.45, 2.75) is 38.3 Å². The van der Waals surface area contributed by atoms with Gasteiger partial charge in [-0.2, -0.15) is 0 Å². The third-order valence-corrected chi connectivity index (χ3v) is 2.67. The van der Waals surface area contributed by atoms with Crippen LogP contribution in [0.15, 0.2) is 24.3 Å². The molecular weight excluding hydrogens is 259 g/mol. The standard InChI is InChI=1S/C13H16F3NO2/c1-9(8-17-10-2-3-10)18-11-4-6-12(7-5-11)19-13(14,15)16/h4-7,9-10,17H,2-3,8H2,1H3. The van der Waals surface area contributed by atoms with E-state index in [-0.39, 0.29) is 11.9 Å². The molecule has 1 atom stereocenters. The van der Waals surface area contributed by atoms with E-state index in [0.717, 1.165) is 6.54 Å². The van der Waals surface area contributed by atoms with E-state index in [0.29, 0.717) is 11.8 Å². The van der Waals surface area contributed by atoms with E-state index in [2.05, 4.69) is 10.1 Å². The fourth-order valence-electron chi connectivity index (χ4n) is 1.61. The summed E-state index contributed by atoms with van der Waals surface area (Å²) >= 11 is 0. The summed E-state index contributed by atoms with van der Waals surface area (Å²) in [6.07, 6.45) is -2.29. The predicted molar refractivity (Wildman–Crippen MR) is 64.2 cm³/mol. The molecule has 1 N–H and O–H groups in total. The van der Waals surface area contributed by atoms with Crippen molar-refractivity contribution in [2.24, 2.45) is 0 Å². The maximum absolute atomic E-state index is 12.0. The van der Waals surface area contributed by atoms with Crippen molar-refractivity contribution < 1.29 is 22.6 Å². The molecule has 106 valence electrons. The summed E-state index contributed by atoms with van der Waals surface area (Å²) in [6.45, 7) is 2.64. The summed E-state index contributed by atoms with van der Waals surface area (Å²) < 4.78 is 45.3. The van der Waals surface area contributed by atoms with Crippen LogP contribution < -0.4 is 14.8 Å². The van der Waals surface area contributed by atoms with Crippen LogP contribution in [0.25, 0.3) is 0 Å². The number of rotatable bonds is 6. The topological polar surface area (TPSA) is 30.5 Å². The zero-order valence-electron chi connectivity index (χ0n) is 10.5. The lowest BCUT2D eigenvalue weighted by atomic mass is 10.3.